The molecule has 0 aromatic rings. The van der Waals surface area contributed by atoms with E-state index in [2.05, 4.69) is 18.9 Å². The molecule has 0 aliphatic carbocycles. The Morgan fingerprint density at radius 2 is 2.40 bits per heavy atom. The van der Waals surface area contributed by atoms with E-state index in [0.717, 1.165) is 25.8 Å². The lowest BCUT2D eigenvalue weighted by Crippen LogP contribution is -2.39. The molecule has 0 spiro atoms. The summed E-state index contributed by atoms with van der Waals surface area (Å²) in [7, 11) is 2.10. The first-order valence-corrected chi connectivity index (χ1v) is 3.96. The standard InChI is InChI=1S/C8H15NO/c1-3-7-6-8(10)4-5-9(7)2/h7H,3-6H2,1-2H3/t7-/m1/s1. The molecule has 1 atom stereocenters. The molecule has 1 saturated heterocycles. The topological polar surface area (TPSA) is 20.3 Å². The maximum atomic E-state index is 11.0. The van der Waals surface area contributed by atoms with Gasteiger partial charge in [-0.15, -0.1) is 0 Å². The van der Waals surface area contributed by atoms with Crippen LogP contribution >= 0.6 is 0 Å². The third-order valence-electron chi connectivity index (χ3n) is 2.30. The number of nitrogens with zero attached hydrogens (tertiary/aromatic N) is 1. The zero-order valence-corrected chi connectivity index (χ0v) is 6.76. The van der Waals surface area contributed by atoms with E-state index in [1.54, 1.807) is 0 Å². The first kappa shape index (κ1) is 7.73. The van der Waals surface area contributed by atoms with Gasteiger partial charge in [0, 0.05) is 25.4 Å². The highest BCUT2D eigenvalue weighted by Crippen LogP contribution is 2.14. The van der Waals surface area contributed by atoms with Crippen LogP contribution in [0.25, 0.3) is 0 Å². The third-order valence-corrected chi connectivity index (χ3v) is 2.30. The van der Waals surface area contributed by atoms with E-state index in [1.807, 2.05) is 0 Å². The zero-order valence-electron chi connectivity index (χ0n) is 6.76. The van der Waals surface area contributed by atoms with Gasteiger partial charge in [0.1, 0.15) is 5.78 Å². The van der Waals surface area contributed by atoms with Crippen molar-refractivity contribution in [1.82, 2.24) is 4.90 Å². The number of hydrogen-bond acceptors (Lipinski definition) is 2. The molecule has 2 nitrogen and oxygen atoms in total. The molecule has 2 heteroatoms. The van der Waals surface area contributed by atoms with Gasteiger partial charge >= 0.3 is 0 Å². The molecule has 58 valence electrons. The molecule has 1 rings (SSSR count). The number of carbonyl (C=O) groups excluding carboxylic acids is 1. The fraction of sp³-hybridized carbons (Fsp3) is 0.875. The van der Waals surface area contributed by atoms with Crippen LogP contribution in [0.15, 0.2) is 0 Å². The van der Waals surface area contributed by atoms with Crippen molar-refractivity contribution in [3.05, 3.63) is 0 Å². The van der Waals surface area contributed by atoms with Crippen molar-refractivity contribution in [2.45, 2.75) is 32.2 Å². The lowest BCUT2D eigenvalue weighted by Gasteiger charge is -2.30. The Bertz CT molecular complexity index is 133. The minimum absolute atomic E-state index is 0.435. The van der Waals surface area contributed by atoms with Crippen molar-refractivity contribution in [1.29, 1.82) is 0 Å². The van der Waals surface area contributed by atoms with Gasteiger partial charge in [-0.1, -0.05) is 6.92 Å². The number of piperidine rings is 1. The summed E-state index contributed by atoms with van der Waals surface area (Å²) in [5.74, 6) is 0.435. The monoisotopic (exact) mass is 141 g/mol. The second-order valence-electron chi connectivity index (χ2n) is 3.04. The number of Topliss-reactive ketones (excluding diaryl/α,β-unsaturated/α-hetero) is 1. The molecule has 1 aliphatic heterocycles. The summed E-state index contributed by atoms with van der Waals surface area (Å²) in [4.78, 5) is 13.2. The second kappa shape index (κ2) is 3.15. The average Bonchev–Trinajstić information content (AvgIpc) is 1.94. The van der Waals surface area contributed by atoms with Crippen LogP contribution in [0.1, 0.15) is 26.2 Å². The van der Waals surface area contributed by atoms with Crippen LogP contribution in [0.3, 0.4) is 0 Å². The molecule has 1 heterocycles. The highest BCUT2D eigenvalue weighted by Gasteiger charge is 2.21. The van der Waals surface area contributed by atoms with E-state index in [0.29, 0.717) is 11.8 Å². The van der Waals surface area contributed by atoms with Gasteiger partial charge in [-0.3, -0.25) is 4.79 Å². The van der Waals surface area contributed by atoms with E-state index in [4.69, 9.17) is 0 Å². The number of likely N-dealkylation sites (tertiary alicyclic amines) is 1. The molecule has 1 aliphatic rings. The van der Waals surface area contributed by atoms with E-state index < -0.39 is 0 Å². The summed E-state index contributed by atoms with van der Waals surface area (Å²) < 4.78 is 0. The Labute approximate surface area is 62.2 Å². The summed E-state index contributed by atoms with van der Waals surface area (Å²) in [5.41, 5.74) is 0. The van der Waals surface area contributed by atoms with E-state index >= 15 is 0 Å². The second-order valence-corrected chi connectivity index (χ2v) is 3.04. The molecule has 0 radical (unpaired) electrons. The molecule has 0 aromatic carbocycles. The van der Waals surface area contributed by atoms with E-state index in [9.17, 15) is 4.79 Å². The lowest BCUT2D eigenvalue weighted by atomic mass is 10.00. The van der Waals surface area contributed by atoms with Crippen LogP contribution in [0.4, 0.5) is 0 Å². The Kier molecular flexibility index (Phi) is 2.44. The van der Waals surface area contributed by atoms with Crippen LogP contribution < -0.4 is 0 Å². The molecule has 0 amide bonds. The maximum Gasteiger partial charge on any atom is 0.135 e. The van der Waals surface area contributed by atoms with Crippen LogP contribution in [0, 0.1) is 0 Å². The van der Waals surface area contributed by atoms with E-state index in [1.165, 1.54) is 0 Å². The van der Waals surface area contributed by atoms with Crippen LogP contribution in [0.2, 0.25) is 0 Å². The lowest BCUT2D eigenvalue weighted by molar-refractivity contribution is -0.122. The molecule has 1 fully saturated rings. The number of hydrogen-bond donors (Lipinski definition) is 0. The molecule has 0 bridgehead atoms. The van der Waals surface area contributed by atoms with Gasteiger partial charge in [-0.2, -0.15) is 0 Å². The highest BCUT2D eigenvalue weighted by atomic mass is 16.1. The van der Waals surface area contributed by atoms with Crippen LogP contribution in [-0.2, 0) is 4.79 Å². The van der Waals surface area contributed by atoms with Crippen molar-refractivity contribution in [3.63, 3.8) is 0 Å². The predicted molar refractivity (Wildman–Crippen MR) is 41.0 cm³/mol. The first-order valence-electron chi connectivity index (χ1n) is 3.96. The average molecular weight is 141 g/mol. The van der Waals surface area contributed by atoms with Crippen molar-refractivity contribution in [2.24, 2.45) is 0 Å². The molecule has 0 aromatic heterocycles. The molecule has 0 saturated carbocycles. The largest absolute Gasteiger partial charge is 0.303 e. The van der Waals surface area contributed by atoms with E-state index in [-0.39, 0.29) is 0 Å². The van der Waals surface area contributed by atoms with Gasteiger partial charge in [0.05, 0.1) is 0 Å². The Balaban J connectivity index is 2.45. The van der Waals surface area contributed by atoms with Gasteiger partial charge in [0.15, 0.2) is 0 Å². The van der Waals surface area contributed by atoms with Crippen LogP contribution in [-0.4, -0.2) is 30.3 Å². The zero-order chi connectivity index (χ0) is 7.56. The number of rotatable bonds is 1. The Morgan fingerprint density at radius 1 is 1.70 bits per heavy atom. The summed E-state index contributed by atoms with van der Waals surface area (Å²) in [5, 5.41) is 0. The predicted octanol–water partition coefficient (Wildman–Crippen LogP) is 1.06. The minimum Gasteiger partial charge on any atom is -0.303 e. The number of carbonyl (C=O) groups is 1. The molecule has 10 heavy (non-hydrogen) atoms. The molecule has 0 unspecified atom stereocenters. The fourth-order valence-corrected chi connectivity index (χ4v) is 1.46. The van der Waals surface area contributed by atoms with Crippen molar-refractivity contribution >= 4 is 5.78 Å². The Morgan fingerprint density at radius 3 is 2.90 bits per heavy atom. The molecular formula is C8H15NO. The maximum absolute atomic E-state index is 11.0. The van der Waals surface area contributed by atoms with Crippen molar-refractivity contribution < 1.29 is 4.79 Å². The smallest absolute Gasteiger partial charge is 0.135 e. The van der Waals surface area contributed by atoms with Gasteiger partial charge in [-0.25, -0.2) is 0 Å². The summed E-state index contributed by atoms with van der Waals surface area (Å²) in [6.07, 6.45) is 2.63. The third kappa shape index (κ3) is 1.57. The van der Waals surface area contributed by atoms with Gasteiger partial charge < -0.3 is 4.90 Å². The van der Waals surface area contributed by atoms with Crippen molar-refractivity contribution in [2.75, 3.05) is 13.6 Å². The molecule has 0 N–H and O–H groups in total. The van der Waals surface area contributed by atoms with Gasteiger partial charge in [0.25, 0.3) is 0 Å². The normalized spacial score (nSPS) is 29.0. The van der Waals surface area contributed by atoms with Gasteiger partial charge in [0.2, 0.25) is 0 Å². The van der Waals surface area contributed by atoms with Crippen molar-refractivity contribution in [3.8, 4) is 0 Å². The Hall–Kier alpha value is -0.370. The summed E-state index contributed by atoms with van der Waals surface area (Å²) >= 11 is 0. The van der Waals surface area contributed by atoms with Gasteiger partial charge in [-0.05, 0) is 13.5 Å². The first-order chi connectivity index (χ1) is 4.74. The summed E-state index contributed by atoms with van der Waals surface area (Å²) in [6, 6.07) is 0.515. The quantitative estimate of drug-likeness (QED) is 0.544. The van der Waals surface area contributed by atoms with Crippen LogP contribution in [0.5, 0.6) is 0 Å². The number of ketones is 1. The SMILES string of the molecule is CC[C@@H]1CC(=O)CCN1C. The highest BCUT2D eigenvalue weighted by molar-refractivity contribution is 5.79. The minimum atomic E-state index is 0.435. The fourth-order valence-electron chi connectivity index (χ4n) is 1.46. The molecular weight excluding hydrogens is 126 g/mol. The summed E-state index contributed by atoms with van der Waals surface area (Å²) in [6.45, 7) is 3.09.